The van der Waals surface area contributed by atoms with Crippen molar-refractivity contribution in [3.8, 4) is 0 Å². The van der Waals surface area contributed by atoms with Crippen molar-refractivity contribution in [3.63, 3.8) is 0 Å². The van der Waals surface area contributed by atoms with E-state index in [4.69, 9.17) is 0 Å². The van der Waals surface area contributed by atoms with Crippen molar-refractivity contribution in [1.82, 2.24) is 5.32 Å². The molecule has 1 heterocycles. The molecule has 20 heavy (non-hydrogen) atoms. The lowest BCUT2D eigenvalue weighted by Crippen LogP contribution is -2.23. The second-order valence-corrected chi connectivity index (χ2v) is 6.90. The summed E-state index contributed by atoms with van der Waals surface area (Å²) in [5.41, 5.74) is 4.23. The lowest BCUT2D eigenvalue weighted by atomic mass is 9.95. The average molecular weight is 274 g/mol. The van der Waals surface area contributed by atoms with Crippen molar-refractivity contribution < 1.29 is 0 Å². The fraction of sp³-hybridized carbons (Fsp3) is 0.667. The maximum atomic E-state index is 3.49. The summed E-state index contributed by atoms with van der Waals surface area (Å²) in [5.74, 6) is 1.66. The quantitative estimate of drug-likeness (QED) is 0.874. The number of benzene rings is 1. The number of nitrogens with one attached hydrogen (secondary N) is 1. The minimum Gasteiger partial charge on any atom is -0.371 e. The Morgan fingerprint density at radius 2 is 2.00 bits per heavy atom. The molecule has 112 valence electrons. The minimum absolute atomic E-state index is 0.542. The normalized spacial score (nSPS) is 19.4. The summed E-state index contributed by atoms with van der Waals surface area (Å²) in [4.78, 5) is 2.57. The standard InChI is InChI=1S/C18H30N2/c1-13(2)17-8-9-20(12-17)18-7-6-16(10-15(18)5)11-19-14(3)4/h6-7,10,13-14,17,19H,8-9,11-12H2,1-5H3. The van der Waals surface area contributed by atoms with Gasteiger partial charge in [-0.3, -0.25) is 0 Å². The number of hydrogen-bond acceptors (Lipinski definition) is 2. The van der Waals surface area contributed by atoms with Crippen molar-refractivity contribution >= 4 is 5.69 Å². The number of nitrogens with zero attached hydrogens (tertiary/aromatic N) is 1. The fourth-order valence-electron chi connectivity index (χ4n) is 3.05. The molecule has 2 nitrogen and oxygen atoms in total. The fourth-order valence-corrected chi connectivity index (χ4v) is 3.05. The summed E-state index contributed by atoms with van der Waals surface area (Å²) < 4.78 is 0. The van der Waals surface area contributed by atoms with Crippen molar-refractivity contribution in [3.05, 3.63) is 29.3 Å². The first kappa shape index (κ1) is 15.4. The van der Waals surface area contributed by atoms with E-state index in [0.717, 1.165) is 18.4 Å². The summed E-state index contributed by atoms with van der Waals surface area (Å²) >= 11 is 0. The van der Waals surface area contributed by atoms with Gasteiger partial charge in [0.2, 0.25) is 0 Å². The van der Waals surface area contributed by atoms with Crippen LogP contribution in [0.4, 0.5) is 5.69 Å². The van der Waals surface area contributed by atoms with Crippen LogP contribution in [0.1, 0.15) is 45.2 Å². The predicted octanol–water partition coefficient (Wildman–Crippen LogP) is 3.98. The lowest BCUT2D eigenvalue weighted by molar-refractivity contribution is 0.422. The van der Waals surface area contributed by atoms with Gasteiger partial charge < -0.3 is 10.2 Å². The van der Waals surface area contributed by atoms with Crippen LogP contribution in [0.2, 0.25) is 0 Å². The maximum Gasteiger partial charge on any atom is 0.0396 e. The Morgan fingerprint density at radius 1 is 1.25 bits per heavy atom. The molecule has 1 saturated heterocycles. The molecule has 0 aromatic heterocycles. The van der Waals surface area contributed by atoms with Gasteiger partial charge in [0, 0.05) is 31.4 Å². The molecule has 1 unspecified atom stereocenters. The zero-order valence-corrected chi connectivity index (χ0v) is 13.7. The largest absolute Gasteiger partial charge is 0.371 e. The van der Waals surface area contributed by atoms with E-state index in [2.05, 4.69) is 63.0 Å². The topological polar surface area (TPSA) is 15.3 Å². The summed E-state index contributed by atoms with van der Waals surface area (Å²) in [6.07, 6.45) is 1.34. The number of aryl methyl sites for hydroxylation is 1. The van der Waals surface area contributed by atoms with Crippen molar-refractivity contribution in [2.45, 2.75) is 53.6 Å². The third-order valence-electron chi connectivity index (χ3n) is 4.48. The summed E-state index contributed by atoms with van der Waals surface area (Å²) in [6, 6.07) is 7.48. The van der Waals surface area contributed by atoms with Crippen molar-refractivity contribution in [2.75, 3.05) is 18.0 Å². The van der Waals surface area contributed by atoms with Crippen molar-refractivity contribution in [2.24, 2.45) is 11.8 Å². The zero-order chi connectivity index (χ0) is 14.7. The summed E-state index contributed by atoms with van der Waals surface area (Å²) in [7, 11) is 0. The highest BCUT2D eigenvalue weighted by molar-refractivity contribution is 5.55. The highest BCUT2D eigenvalue weighted by Gasteiger charge is 2.25. The van der Waals surface area contributed by atoms with Crippen LogP contribution in [-0.2, 0) is 6.54 Å². The molecule has 1 atom stereocenters. The minimum atomic E-state index is 0.542. The van der Waals surface area contributed by atoms with E-state index >= 15 is 0 Å². The Labute approximate surface area is 124 Å². The second kappa shape index (κ2) is 6.62. The van der Waals surface area contributed by atoms with Gasteiger partial charge in [0.25, 0.3) is 0 Å². The second-order valence-electron chi connectivity index (χ2n) is 6.90. The molecular formula is C18H30N2. The highest BCUT2D eigenvalue weighted by Crippen LogP contribution is 2.30. The van der Waals surface area contributed by atoms with Gasteiger partial charge in [-0.1, -0.05) is 39.8 Å². The monoisotopic (exact) mass is 274 g/mol. The van der Waals surface area contributed by atoms with E-state index in [1.165, 1.54) is 36.3 Å². The van der Waals surface area contributed by atoms with Crippen LogP contribution in [0.5, 0.6) is 0 Å². The van der Waals surface area contributed by atoms with Gasteiger partial charge in [-0.25, -0.2) is 0 Å². The van der Waals surface area contributed by atoms with Gasteiger partial charge >= 0.3 is 0 Å². The molecule has 1 aromatic carbocycles. The molecule has 1 fully saturated rings. The predicted molar refractivity (Wildman–Crippen MR) is 88.3 cm³/mol. The number of anilines is 1. The Morgan fingerprint density at radius 3 is 2.55 bits per heavy atom. The van der Waals surface area contributed by atoms with Crippen LogP contribution >= 0.6 is 0 Å². The lowest BCUT2D eigenvalue weighted by Gasteiger charge is -2.22. The van der Waals surface area contributed by atoms with Gasteiger partial charge in [0.15, 0.2) is 0 Å². The van der Waals surface area contributed by atoms with Crippen LogP contribution < -0.4 is 10.2 Å². The van der Waals surface area contributed by atoms with Crippen LogP contribution in [-0.4, -0.2) is 19.1 Å². The molecule has 1 aliphatic heterocycles. The first-order valence-electron chi connectivity index (χ1n) is 8.05. The SMILES string of the molecule is Cc1cc(CNC(C)C)ccc1N1CCC(C(C)C)C1. The molecule has 0 saturated carbocycles. The zero-order valence-electron chi connectivity index (χ0n) is 13.7. The third-order valence-corrected chi connectivity index (χ3v) is 4.48. The van der Waals surface area contributed by atoms with E-state index < -0.39 is 0 Å². The van der Waals surface area contributed by atoms with Crippen molar-refractivity contribution in [1.29, 1.82) is 0 Å². The molecule has 0 bridgehead atoms. The number of hydrogen-bond donors (Lipinski definition) is 1. The smallest absolute Gasteiger partial charge is 0.0396 e. The molecule has 1 aromatic rings. The van der Waals surface area contributed by atoms with E-state index in [0.29, 0.717) is 6.04 Å². The average Bonchev–Trinajstić information content (AvgIpc) is 2.86. The molecule has 0 amide bonds. The molecule has 2 heteroatoms. The first-order valence-corrected chi connectivity index (χ1v) is 8.05. The summed E-state index contributed by atoms with van der Waals surface area (Å²) in [5, 5.41) is 3.49. The maximum absolute atomic E-state index is 3.49. The van der Waals surface area contributed by atoms with Gasteiger partial charge in [-0.15, -0.1) is 0 Å². The van der Waals surface area contributed by atoms with E-state index in [-0.39, 0.29) is 0 Å². The number of rotatable bonds is 5. The highest BCUT2D eigenvalue weighted by atomic mass is 15.2. The Bertz CT molecular complexity index is 437. The molecule has 0 aliphatic carbocycles. The third kappa shape index (κ3) is 3.76. The Hall–Kier alpha value is -1.02. The molecule has 0 spiro atoms. The molecular weight excluding hydrogens is 244 g/mol. The van der Waals surface area contributed by atoms with E-state index in [1.54, 1.807) is 0 Å². The van der Waals surface area contributed by atoms with Gasteiger partial charge in [0.1, 0.15) is 0 Å². The van der Waals surface area contributed by atoms with Crippen LogP contribution in [0.15, 0.2) is 18.2 Å². The van der Waals surface area contributed by atoms with Crippen LogP contribution in [0.3, 0.4) is 0 Å². The van der Waals surface area contributed by atoms with E-state index in [9.17, 15) is 0 Å². The van der Waals surface area contributed by atoms with Crippen LogP contribution in [0.25, 0.3) is 0 Å². The summed E-state index contributed by atoms with van der Waals surface area (Å²) in [6.45, 7) is 14.7. The van der Waals surface area contributed by atoms with Gasteiger partial charge in [-0.2, -0.15) is 0 Å². The molecule has 1 N–H and O–H groups in total. The van der Waals surface area contributed by atoms with Crippen LogP contribution in [0, 0.1) is 18.8 Å². The van der Waals surface area contributed by atoms with Gasteiger partial charge in [0.05, 0.1) is 0 Å². The molecule has 2 rings (SSSR count). The van der Waals surface area contributed by atoms with Gasteiger partial charge in [-0.05, 0) is 42.4 Å². The molecule has 0 radical (unpaired) electrons. The van der Waals surface area contributed by atoms with E-state index in [1.807, 2.05) is 0 Å². The Kier molecular flexibility index (Phi) is 5.09. The Balaban J connectivity index is 2.03. The first-order chi connectivity index (χ1) is 9.47. The molecule has 1 aliphatic rings.